The minimum atomic E-state index is -2.73. The van der Waals surface area contributed by atoms with Gasteiger partial charge in [0, 0.05) is 35.5 Å². The van der Waals surface area contributed by atoms with E-state index in [1.807, 2.05) is 0 Å². The van der Waals surface area contributed by atoms with E-state index >= 15 is 0 Å². The molecule has 134 valence electrons. The second kappa shape index (κ2) is 19.8. The van der Waals surface area contributed by atoms with Gasteiger partial charge in [0.1, 0.15) is 0 Å². The first kappa shape index (κ1) is 30.6. The van der Waals surface area contributed by atoms with Crippen molar-refractivity contribution in [3.63, 3.8) is 0 Å². The van der Waals surface area contributed by atoms with E-state index in [1.54, 1.807) is 21.3 Å². The van der Waals surface area contributed by atoms with Crippen molar-refractivity contribution < 1.29 is 48.9 Å². The van der Waals surface area contributed by atoms with Gasteiger partial charge in [-0.05, 0) is 12.8 Å². The van der Waals surface area contributed by atoms with Gasteiger partial charge in [-0.1, -0.05) is 12.8 Å². The molecule has 1 rings (SSSR count). The molecule has 0 spiro atoms. The predicted molar refractivity (Wildman–Crippen MR) is 82.2 cm³/mol. The van der Waals surface area contributed by atoms with E-state index in [4.69, 9.17) is 13.7 Å². The topological polar surface area (TPSA) is 83.1 Å². The molecule has 1 saturated carbocycles. The van der Waals surface area contributed by atoms with Crippen LogP contribution in [-0.4, -0.2) is 41.2 Å². The van der Waals surface area contributed by atoms with E-state index in [0.717, 1.165) is 25.7 Å². The normalized spacial score (nSPS) is 13.8. The fourth-order valence-corrected chi connectivity index (χ4v) is 4.01. The molecule has 0 atom stereocenters. The van der Waals surface area contributed by atoms with Gasteiger partial charge in [0.05, 0.1) is 5.66 Å². The van der Waals surface area contributed by atoms with Crippen molar-refractivity contribution in [3.05, 3.63) is 14.1 Å². The standard InChI is InChI=1S/C7H15O3P.C3H9O3P.CO.CH3.Fe/c1-9-11(8,10-2)7-5-3-4-6-7;1-4-7(5-2)6-3;1-2;;/h7H,3-6H2,1-2H3;1-3H3;;1H3;/q;;;-1;+2. The first-order chi connectivity index (χ1) is 9.57. The van der Waals surface area contributed by atoms with Crippen molar-refractivity contribution in [2.24, 2.45) is 0 Å². The number of hydrogen-bond acceptors (Lipinski definition) is 6. The summed E-state index contributed by atoms with van der Waals surface area (Å²) in [6.45, 7) is 4.50. The second-order valence-electron chi connectivity index (χ2n) is 3.61. The van der Waals surface area contributed by atoms with Gasteiger partial charge in [0.15, 0.2) is 0 Å². The molecule has 1 fully saturated rings. The summed E-state index contributed by atoms with van der Waals surface area (Å²) >= 11 is 0. The smallest absolute Gasteiger partial charge is 0.358 e. The van der Waals surface area contributed by atoms with Gasteiger partial charge in [0.2, 0.25) is 0 Å². The van der Waals surface area contributed by atoms with Crippen molar-refractivity contribution in [2.75, 3.05) is 35.5 Å². The molecule has 10 heteroatoms. The van der Waals surface area contributed by atoms with Crippen LogP contribution in [0.4, 0.5) is 0 Å². The van der Waals surface area contributed by atoms with Crippen LogP contribution < -0.4 is 0 Å². The van der Waals surface area contributed by atoms with E-state index in [9.17, 15) is 4.57 Å². The summed E-state index contributed by atoms with van der Waals surface area (Å²) in [5, 5.41) is 0. The van der Waals surface area contributed by atoms with Crippen molar-refractivity contribution in [1.29, 1.82) is 0 Å². The summed E-state index contributed by atoms with van der Waals surface area (Å²) in [6.07, 6.45) is 4.28. The Hall–Kier alpha value is 0.719. The summed E-state index contributed by atoms with van der Waals surface area (Å²) in [5.41, 5.74) is 0.150. The molecule has 0 aromatic carbocycles. The molecule has 0 saturated heterocycles. The Morgan fingerprint density at radius 2 is 1.27 bits per heavy atom. The minimum Gasteiger partial charge on any atom is -0.358 e. The third-order valence-corrected chi connectivity index (χ3v) is 6.05. The predicted octanol–water partition coefficient (Wildman–Crippen LogP) is 3.98. The van der Waals surface area contributed by atoms with Crippen LogP contribution in [0.1, 0.15) is 25.7 Å². The van der Waals surface area contributed by atoms with Gasteiger partial charge < -0.3 is 30.0 Å². The molecular formula is C12H27FeO7P2+. The zero-order chi connectivity index (χ0) is 16.0. The Balaban J connectivity index is -0.000000130. The average Bonchev–Trinajstić information content (AvgIpc) is 3.06. The van der Waals surface area contributed by atoms with Gasteiger partial charge in [-0.2, -0.15) is 0 Å². The summed E-state index contributed by atoms with van der Waals surface area (Å²) < 4.78 is 43.0. The minimum absolute atomic E-state index is 0. The molecule has 0 amide bonds. The third-order valence-electron chi connectivity index (χ3n) is 2.73. The van der Waals surface area contributed by atoms with Crippen molar-refractivity contribution in [3.8, 4) is 0 Å². The number of rotatable bonds is 6. The van der Waals surface area contributed by atoms with Crippen molar-refractivity contribution >= 4 is 16.2 Å². The fourth-order valence-electron chi connectivity index (χ4n) is 1.82. The molecule has 1 aliphatic carbocycles. The zero-order valence-electron chi connectivity index (χ0n) is 14.0. The molecule has 0 N–H and O–H groups in total. The van der Waals surface area contributed by atoms with Crippen molar-refractivity contribution in [1.82, 2.24) is 0 Å². The maximum absolute atomic E-state index is 11.7. The third kappa shape index (κ3) is 12.2. The quantitative estimate of drug-likeness (QED) is 0.290. The largest absolute Gasteiger partial charge is 2.00 e. The Kier molecular flexibility index (Phi) is 27.5. The van der Waals surface area contributed by atoms with Crippen LogP contribution in [0.2, 0.25) is 0 Å². The molecule has 0 radical (unpaired) electrons. The monoisotopic (exact) mass is 401 g/mol. The van der Waals surface area contributed by atoms with Crippen LogP contribution in [0, 0.1) is 14.1 Å². The van der Waals surface area contributed by atoms with Crippen LogP contribution >= 0.6 is 16.2 Å². The van der Waals surface area contributed by atoms with Crippen molar-refractivity contribution in [2.45, 2.75) is 31.3 Å². The van der Waals surface area contributed by atoms with E-state index in [-0.39, 0.29) is 30.2 Å². The van der Waals surface area contributed by atoms with Crippen LogP contribution in [0.5, 0.6) is 0 Å². The molecule has 1 aliphatic rings. The SMILES string of the molecule is COP(=O)(OC)C1CCCC1.COP(OC)OC.[C-]#[O+].[CH3-].[Fe+2]. The molecule has 0 aromatic heterocycles. The molecule has 0 aromatic rings. The molecule has 0 bridgehead atoms. The van der Waals surface area contributed by atoms with E-state index in [2.05, 4.69) is 20.2 Å². The molecule has 7 nitrogen and oxygen atoms in total. The Morgan fingerprint density at radius 1 is 0.955 bits per heavy atom. The maximum Gasteiger partial charge on any atom is 2.00 e. The molecule has 0 heterocycles. The van der Waals surface area contributed by atoms with Gasteiger partial charge in [-0.25, -0.2) is 0 Å². The van der Waals surface area contributed by atoms with E-state index in [0.29, 0.717) is 0 Å². The summed E-state index contributed by atoms with van der Waals surface area (Å²) in [5.74, 6) is 0. The summed E-state index contributed by atoms with van der Waals surface area (Å²) in [7, 11) is 3.76. The maximum atomic E-state index is 11.7. The first-order valence-corrected chi connectivity index (χ1v) is 8.62. The second-order valence-corrected chi connectivity index (χ2v) is 7.70. The van der Waals surface area contributed by atoms with Crippen LogP contribution in [0.15, 0.2) is 0 Å². The zero-order valence-corrected chi connectivity index (χ0v) is 16.9. The fraction of sp³-hybridized carbons (Fsp3) is 0.833. The van der Waals surface area contributed by atoms with Gasteiger partial charge >= 0.3 is 44.6 Å². The Morgan fingerprint density at radius 3 is 1.45 bits per heavy atom. The van der Waals surface area contributed by atoms with E-state index < -0.39 is 16.2 Å². The van der Waals surface area contributed by atoms with E-state index in [1.165, 1.54) is 14.2 Å². The number of hydrogen-bond donors (Lipinski definition) is 0. The summed E-state index contributed by atoms with van der Waals surface area (Å²) in [6, 6.07) is 0. The molecule has 0 aliphatic heterocycles. The molecule has 0 unspecified atom stereocenters. The van der Waals surface area contributed by atoms with Gasteiger partial charge in [-0.3, -0.25) is 4.57 Å². The molecule has 22 heavy (non-hydrogen) atoms. The van der Waals surface area contributed by atoms with Crippen LogP contribution in [0.25, 0.3) is 0 Å². The first-order valence-electron chi connectivity index (χ1n) is 5.92. The van der Waals surface area contributed by atoms with Gasteiger partial charge in [-0.15, -0.1) is 0 Å². The Labute approximate surface area is 146 Å². The van der Waals surface area contributed by atoms with Gasteiger partial charge in [0.25, 0.3) is 0 Å². The van der Waals surface area contributed by atoms with Crippen LogP contribution in [0.3, 0.4) is 0 Å². The average molecular weight is 401 g/mol. The Bertz CT molecular complexity index is 268. The summed E-state index contributed by atoms with van der Waals surface area (Å²) in [4.78, 5) is 0. The molecular weight excluding hydrogens is 374 g/mol. The van der Waals surface area contributed by atoms with Crippen LogP contribution in [-0.2, 0) is 48.9 Å².